The number of nitrogens with zero attached hydrogens (tertiary/aromatic N) is 2. The predicted molar refractivity (Wildman–Crippen MR) is 101 cm³/mol. The normalized spacial score (nSPS) is 11.3. The Labute approximate surface area is 144 Å². The second-order valence-corrected chi connectivity index (χ2v) is 8.46. The summed E-state index contributed by atoms with van der Waals surface area (Å²) in [6, 6.07) is 6.38. The number of hydrogen-bond donors (Lipinski definition) is 3. The molecule has 0 aliphatic heterocycles. The minimum Gasteiger partial charge on any atom is -0.395 e. The van der Waals surface area contributed by atoms with Gasteiger partial charge in [-0.05, 0) is 34.6 Å². The number of rotatable bonds is 5. The number of nitrogens with one attached hydrogen (secondary N) is 2. The smallest absolute Gasteiger partial charge is 0.223 e. The number of hydrogen-bond acceptors (Lipinski definition) is 4. The number of aliphatic hydroxyl groups is 1. The van der Waals surface area contributed by atoms with Crippen LogP contribution in [-0.4, -0.2) is 46.5 Å². The van der Waals surface area contributed by atoms with E-state index >= 15 is 0 Å². The fourth-order valence-electron chi connectivity index (χ4n) is 2.52. The van der Waals surface area contributed by atoms with Gasteiger partial charge in [-0.2, -0.15) is 0 Å². The number of aliphatic hydroxyl groups excluding tert-OH is 1. The zero-order valence-corrected chi connectivity index (χ0v) is 15.4. The first-order chi connectivity index (χ1) is 11.1. The van der Waals surface area contributed by atoms with E-state index < -0.39 is 0 Å². The van der Waals surface area contributed by atoms with E-state index in [1.807, 2.05) is 6.20 Å². The number of aromatic nitrogens is 3. The van der Waals surface area contributed by atoms with Crippen molar-refractivity contribution < 1.29 is 5.11 Å². The van der Waals surface area contributed by atoms with Gasteiger partial charge in [0.1, 0.15) is 0 Å². The maximum Gasteiger partial charge on any atom is 0.223 e. The summed E-state index contributed by atoms with van der Waals surface area (Å²) in [5, 5.41) is 14.4. The minimum atomic E-state index is -0.189. The van der Waals surface area contributed by atoms with Crippen LogP contribution in [0, 0.1) is 0 Å². The van der Waals surface area contributed by atoms with Gasteiger partial charge in [0.2, 0.25) is 5.95 Å². The molecule has 23 heavy (non-hydrogen) atoms. The fraction of sp³-hybridized carbons (Fsp3) is 0.250. The van der Waals surface area contributed by atoms with E-state index in [1.54, 1.807) is 6.20 Å². The number of H-pyrrole nitrogens is 1. The summed E-state index contributed by atoms with van der Waals surface area (Å²) < 4.78 is 0.841. The van der Waals surface area contributed by atoms with Gasteiger partial charge in [-0.15, -0.1) is 0 Å². The number of anilines is 1. The van der Waals surface area contributed by atoms with E-state index in [1.165, 1.54) is 10.8 Å². The van der Waals surface area contributed by atoms with Crippen LogP contribution < -0.4 is 10.6 Å². The highest BCUT2D eigenvalue weighted by Crippen LogP contribution is 2.35. The van der Waals surface area contributed by atoms with Gasteiger partial charge in [0.25, 0.3) is 0 Å². The molecule has 0 spiro atoms. The molecule has 0 radical (unpaired) electrons. The van der Waals surface area contributed by atoms with E-state index in [9.17, 15) is 0 Å². The summed E-state index contributed by atoms with van der Waals surface area (Å²) in [5.74, 6) is 0.510. The van der Waals surface area contributed by atoms with Crippen LogP contribution in [0.15, 0.2) is 35.1 Å². The van der Waals surface area contributed by atoms with E-state index in [0.717, 1.165) is 21.1 Å². The highest BCUT2D eigenvalue weighted by atomic mass is 79.9. The molecule has 0 bridgehead atoms. The molecule has 0 atom stereocenters. The Bertz CT molecular complexity index is 834. The van der Waals surface area contributed by atoms with Crippen LogP contribution in [0.4, 0.5) is 5.95 Å². The Hall–Kier alpha value is -1.49. The van der Waals surface area contributed by atoms with Gasteiger partial charge < -0.3 is 15.4 Å². The van der Waals surface area contributed by atoms with Crippen molar-refractivity contribution in [3.8, 4) is 11.3 Å². The molecule has 3 N–H and O–H groups in total. The summed E-state index contributed by atoms with van der Waals surface area (Å²) in [7, 11) is -0.189. The van der Waals surface area contributed by atoms with Crippen molar-refractivity contribution in [2.75, 3.05) is 31.8 Å². The number of aromatic amines is 1. The topological polar surface area (TPSA) is 73.8 Å². The van der Waals surface area contributed by atoms with E-state index in [0.29, 0.717) is 12.5 Å². The van der Waals surface area contributed by atoms with E-state index in [-0.39, 0.29) is 14.5 Å². The highest BCUT2D eigenvalue weighted by Gasteiger charge is 2.15. The molecule has 3 aromatic rings. The molecule has 120 valence electrons. The Morgan fingerprint density at radius 1 is 1.35 bits per heavy atom. The second-order valence-electron chi connectivity index (χ2n) is 5.34. The average molecular weight is 393 g/mol. The summed E-state index contributed by atoms with van der Waals surface area (Å²) in [6.07, 6.45) is 3.73. The third kappa shape index (κ3) is 3.25. The molecule has 0 saturated heterocycles. The lowest BCUT2D eigenvalue weighted by Gasteiger charge is -2.09. The van der Waals surface area contributed by atoms with Crippen molar-refractivity contribution in [2.45, 2.75) is 0 Å². The molecule has 3 rings (SSSR count). The van der Waals surface area contributed by atoms with Crippen LogP contribution in [0.25, 0.3) is 22.2 Å². The molecule has 0 aliphatic carbocycles. The van der Waals surface area contributed by atoms with Crippen molar-refractivity contribution in [3.63, 3.8) is 0 Å². The zero-order valence-electron chi connectivity index (χ0n) is 13.0. The molecule has 2 aromatic heterocycles. The van der Waals surface area contributed by atoms with Gasteiger partial charge >= 0.3 is 0 Å². The van der Waals surface area contributed by atoms with Crippen molar-refractivity contribution in [1.29, 1.82) is 0 Å². The SMILES string of the molecule is CP(C)c1cccc2c(-c3nc(NCCO)ncc3Br)c[nH]c12. The van der Waals surface area contributed by atoms with Gasteiger partial charge in [-0.3, -0.25) is 0 Å². The standard InChI is InChI=1S/C16H18BrN4OP/c1-23(2)13-5-3-4-10-11(8-19-15(10)13)14-12(17)9-20-16(21-14)18-6-7-22/h3-5,8-9,19,22H,6-7H2,1-2H3,(H,18,20,21). The third-order valence-electron chi connectivity index (χ3n) is 3.57. The molecule has 0 fully saturated rings. The van der Waals surface area contributed by atoms with Gasteiger partial charge in [0.05, 0.1) is 22.3 Å². The quantitative estimate of drug-likeness (QED) is 0.583. The molecular formula is C16H18BrN4OP. The molecule has 0 aliphatic rings. The molecule has 0 unspecified atom stereocenters. The maximum absolute atomic E-state index is 8.93. The van der Waals surface area contributed by atoms with Gasteiger partial charge in [0, 0.05) is 29.9 Å². The summed E-state index contributed by atoms with van der Waals surface area (Å²) >= 11 is 3.54. The summed E-state index contributed by atoms with van der Waals surface area (Å²) in [6.45, 7) is 4.97. The number of fused-ring (bicyclic) bond motifs is 1. The Kier molecular flexibility index (Phi) is 4.95. The number of para-hydroxylation sites is 1. The van der Waals surface area contributed by atoms with Crippen LogP contribution >= 0.6 is 23.9 Å². The Morgan fingerprint density at radius 3 is 2.91 bits per heavy atom. The molecule has 2 heterocycles. The van der Waals surface area contributed by atoms with Gasteiger partial charge in [-0.1, -0.05) is 26.1 Å². The van der Waals surface area contributed by atoms with E-state index in [4.69, 9.17) is 5.11 Å². The third-order valence-corrected chi connectivity index (χ3v) is 5.49. The van der Waals surface area contributed by atoms with Gasteiger partial charge in [0.15, 0.2) is 0 Å². The van der Waals surface area contributed by atoms with Gasteiger partial charge in [-0.25, -0.2) is 9.97 Å². The van der Waals surface area contributed by atoms with Crippen molar-refractivity contribution in [3.05, 3.63) is 35.1 Å². The van der Waals surface area contributed by atoms with Crippen LogP contribution in [-0.2, 0) is 0 Å². The first kappa shape index (κ1) is 16.4. The van der Waals surface area contributed by atoms with Crippen molar-refractivity contribution in [1.82, 2.24) is 15.0 Å². The largest absolute Gasteiger partial charge is 0.395 e. The fourth-order valence-corrected chi connectivity index (χ4v) is 3.94. The van der Waals surface area contributed by atoms with Crippen molar-refractivity contribution in [2.24, 2.45) is 0 Å². The minimum absolute atomic E-state index is 0.0434. The molecular weight excluding hydrogens is 375 g/mol. The predicted octanol–water partition coefficient (Wildman–Crippen LogP) is 3.16. The van der Waals surface area contributed by atoms with Crippen molar-refractivity contribution >= 4 is 46.0 Å². The highest BCUT2D eigenvalue weighted by molar-refractivity contribution is 9.10. The maximum atomic E-state index is 8.93. The molecule has 1 aromatic carbocycles. The lowest BCUT2D eigenvalue weighted by molar-refractivity contribution is 0.311. The van der Waals surface area contributed by atoms with Crippen LogP contribution in [0.5, 0.6) is 0 Å². The average Bonchev–Trinajstić information content (AvgIpc) is 2.97. The first-order valence-corrected chi connectivity index (χ1v) is 10.3. The monoisotopic (exact) mass is 392 g/mol. The second kappa shape index (κ2) is 6.95. The molecule has 5 nitrogen and oxygen atoms in total. The zero-order chi connectivity index (χ0) is 16.4. The first-order valence-electron chi connectivity index (χ1n) is 7.27. The Morgan fingerprint density at radius 2 is 2.17 bits per heavy atom. The molecule has 0 saturated carbocycles. The number of benzene rings is 1. The molecule has 7 heteroatoms. The summed E-state index contributed by atoms with van der Waals surface area (Å²) in [5.41, 5.74) is 3.05. The van der Waals surface area contributed by atoms with Crippen LogP contribution in [0.3, 0.4) is 0 Å². The number of halogens is 1. The van der Waals surface area contributed by atoms with Crippen LogP contribution in [0.2, 0.25) is 0 Å². The van der Waals surface area contributed by atoms with E-state index in [2.05, 4.69) is 67.7 Å². The molecule has 0 amide bonds. The Balaban J connectivity index is 2.12. The lowest BCUT2D eigenvalue weighted by Crippen LogP contribution is -2.09. The van der Waals surface area contributed by atoms with Crippen LogP contribution in [0.1, 0.15) is 0 Å². The lowest BCUT2D eigenvalue weighted by atomic mass is 10.1. The summed E-state index contributed by atoms with van der Waals surface area (Å²) in [4.78, 5) is 12.2.